The highest BCUT2D eigenvalue weighted by Gasteiger charge is 2.17. The molecule has 0 radical (unpaired) electrons. The molecule has 0 fully saturated rings. The molecule has 1 amide bonds. The highest BCUT2D eigenvalue weighted by molar-refractivity contribution is 9.09. The number of alkyl halides is 1. The maximum atomic E-state index is 11.6. The van der Waals surface area contributed by atoms with Crippen LogP contribution in [0.3, 0.4) is 0 Å². The van der Waals surface area contributed by atoms with E-state index < -0.39 is 0 Å². The maximum Gasteiger partial charge on any atom is 0.261 e. The molecule has 0 unspecified atom stereocenters. The summed E-state index contributed by atoms with van der Waals surface area (Å²) in [5, 5.41) is 5.70. The molecular formula is C10H14BrNOS. The van der Waals surface area contributed by atoms with E-state index in [4.69, 9.17) is 0 Å². The van der Waals surface area contributed by atoms with E-state index in [9.17, 15) is 4.79 Å². The van der Waals surface area contributed by atoms with Gasteiger partial charge in [-0.25, -0.2) is 0 Å². The minimum absolute atomic E-state index is 0.0222. The number of hydrogen-bond donors (Lipinski definition) is 1. The molecule has 1 heterocycles. The summed E-state index contributed by atoms with van der Waals surface area (Å²) >= 11 is 4.89. The van der Waals surface area contributed by atoms with Crippen LogP contribution in [-0.2, 0) is 0 Å². The summed E-state index contributed by atoms with van der Waals surface area (Å²) in [4.78, 5) is 12.3. The molecule has 1 aromatic rings. The summed E-state index contributed by atoms with van der Waals surface area (Å²) in [6, 6.07) is 3.72. The van der Waals surface area contributed by atoms with Crippen molar-refractivity contribution in [1.29, 1.82) is 0 Å². The number of carbonyl (C=O) groups is 1. The van der Waals surface area contributed by atoms with Crippen molar-refractivity contribution in [2.24, 2.45) is 5.41 Å². The molecule has 0 atom stereocenters. The normalized spacial score (nSPS) is 11.4. The van der Waals surface area contributed by atoms with Crippen LogP contribution in [0, 0.1) is 5.41 Å². The van der Waals surface area contributed by atoms with Gasteiger partial charge in [0.15, 0.2) is 0 Å². The Kier molecular flexibility index (Phi) is 4.13. The molecule has 78 valence electrons. The molecule has 14 heavy (non-hydrogen) atoms. The Bertz CT molecular complexity index is 295. The second kappa shape index (κ2) is 4.94. The zero-order valence-corrected chi connectivity index (χ0v) is 10.7. The van der Waals surface area contributed by atoms with E-state index in [-0.39, 0.29) is 11.3 Å². The van der Waals surface area contributed by atoms with Crippen LogP contribution in [0.1, 0.15) is 23.5 Å². The first kappa shape index (κ1) is 11.7. The third-order valence-electron chi connectivity index (χ3n) is 1.83. The molecule has 0 saturated heterocycles. The Morgan fingerprint density at radius 3 is 2.86 bits per heavy atom. The van der Waals surface area contributed by atoms with Crippen molar-refractivity contribution in [3.8, 4) is 0 Å². The van der Waals surface area contributed by atoms with Crippen molar-refractivity contribution in [1.82, 2.24) is 5.32 Å². The van der Waals surface area contributed by atoms with E-state index in [2.05, 4.69) is 35.1 Å². The monoisotopic (exact) mass is 275 g/mol. The zero-order valence-electron chi connectivity index (χ0n) is 8.34. The van der Waals surface area contributed by atoms with Crippen LogP contribution in [0.25, 0.3) is 0 Å². The van der Waals surface area contributed by atoms with E-state index >= 15 is 0 Å². The van der Waals surface area contributed by atoms with E-state index in [1.165, 1.54) is 11.3 Å². The van der Waals surface area contributed by atoms with Crippen molar-refractivity contribution < 1.29 is 4.79 Å². The third kappa shape index (κ3) is 3.42. The number of hydrogen-bond acceptors (Lipinski definition) is 2. The van der Waals surface area contributed by atoms with Gasteiger partial charge in [-0.1, -0.05) is 35.8 Å². The van der Waals surface area contributed by atoms with Crippen LogP contribution >= 0.6 is 27.3 Å². The van der Waals surface area contributed by atoms with Gasteiger partial charge in [0.1, 0.15) is 0 Å². The summed E-state index contributed by atoms with van der Waals surface area (Å²) in [7, 11) is 0. The lowest BCUT2D eigenvalue weighted by molar-refractivity contribution is 0.0944. The highest BCUT2D eigenvalue weighted by atomic mass is 79.9. The maximum absolute atomic E-state index is 11.6. The van der Waals surface area contributed by atoms with Crippen LogP contribution in [0.4, 0.5) is 0 Å². The van der Waals surface area contributed by atoms with Crippen LogP contribution in [0.5, 0.6) is 0 Å². The SMILES string of the molecule is CC(C)(CBr)CNC(=O)c1cccs1. The van der Waals surface area contributed by atoms with Gasteiger partial charge >= 0.3 is 0 Å². The molecule has 0 aliphatic heterocycles. The van der Waals surface area contributed by atoms with Crippen molar-refractivity contribution in [3.63, 3.8) is 0 Å². The highest BCUT2D eigenvalue weighted by Crippen LogP contribution is 2.17. The largest absolute Gasteiger partial charge is 0.351 e. The van der Waals surface area contributed by atoms with E-state index in [0.717, 1.165) is 10.2 Å². The van der Waals surface area contributed by atoms with Crippen molar-refractivity contribution in [2.45, 2.75) is 13.8 Å². The first-order chi connectivity index (χ1) is 6.55. The van der Waals surface area contributed by atoms with Gasteiger partial charge in [0, 0.05) is 11.9 Å². The van der Waals surface area contributed by atoms with Gasteiger partial charge in [-0.15, -0.1) is 11.3 Å². The number of nitrogens with one attached hydrogen (secondary N) is 1. The fourth-order valence-corrected chi connectivity index (χ4v) is 1.70. The second-order valence-electron chi connectivity index (χ2n) is 3.96. The molecular weight excluding hydrogens is 262 g/mol. The Morgan fingerprint density at radius 2 is 2.36 bits per heavy atom. The fraction of sp³-hybridized carbons (Fsp3) is 0.500. The number of rotatable bonds is 4. The number of amides is 1. The van der Waals surface area contributed by atoms with Crippen LogP contribution < -0.4 is 5.32 Å². The van der Waals surface area contributed by atoms with Crippen LogP contribution in [-0.4, -0.2) is 17.8 Å². The van der Waals surface area contributed by atoms with Crippen molar-refractivity contribution in [2.75, 3.05) is 11.9 Å². The zero-order chi connectivity index (χ0) is 10.6. The topological polar surface area (TPSA) is 29.1 Å². The van der Waals surface area contributed by atoms with E-state index in [0.29, 0.717) is 6.54 Å². The Labute approximate surface area is 96.8 Å². The summed E-state index contributed by atoms with van der Waals surface area (Å²) in [6.45, 7) is 4.90. The lowest BCUT2D eigenvalue weighted by Gasteiger charge is -2.21. The molecule has 0 aromatic carbocycles. The Hall–Kier alpha value is -0.350. The number of halogens is 1. The predicted molar refractivity (Wildman–Crippen MR) is 64.2 cm³/mol. The number of carbonyl (C=O) groups excluding carboxylic acids is 1. The van der Waals surface area contributed by atoms with E-state index in [1.807, 2.05) is 17.5 Å². The van der Waals surface area contributed by atoms with Gasteiger partial charge in [-0.2, -0.15) is 0 Å². The Morgan fingerprint density at radius 1 is 1.64 bits per heavy atom. The minimum Gasteiger partial charge on any atom is -0.351 e. The summed E-state index contributed by atoms with van der Waals surface area (Å²) in [5.41, 5.74) is 0.104. The van der Waals surface area contributed by atoms with Crippen LogP contribution in [0.2, 0.25) is 0 Å². The average molecular weight is 276 g/mol. The van der Waals surface area contributed by atoms with Crippen molar-refractivity contribution in [3.05, 3.63) is 22.4 Å². The summed E-state index contributed by atoms with van der Waals surface area (Å²) < 4.78 is 0. The molecule has 0 bridgehead atoms. The van der Waals surface area contributed by atoms with Gasteiger partial charge in [0.2, 0.25) is 0 Å². The molecule has 4 heteroatoms. The third-order valence-corrected chi connectivity index (χ3v) is 4.22. The van der Waals surface area contributed by atoms with Gasteiger partial charge in [0.25, 0.3) is 5.91 Å². The van der Waals surface area contributed by atoms with Gasteiger partial charge in [-0.05, 0) is 16.9 Å². The molecule has 2 nitrogen and oxygen atoms in total. The molecule has 0 saturated carbocycles. The molecule has 1 rings (SSSR count). The molecule has 1 N–H and O–H groups in total. The quantitative estimate of drug-likeness (QED) is 0.842. The van der Waals surface area contributed by atoms with Gasteiger partial charge < -0.3 is 5.32 Å². The Balaban J connectivity index is 2.43. The van der Waals surface area contributed by atoms with Gasteiger partial charge in [-0.3, -0.25) is 4.79 Å². The van der Waals surface area contributed by atoms with Crippen molar-refractivity contribution >= 4 is 33.2 Å². The second-order valence-corrected chi connectivity index (χ2v) is 5.47. The minimum atomic E-state index is 0.0222. The van der Waals surface area contributed by atoms with Gasteiger partial charge in [0.05, 0.1) is 4.88 Å². The number of thiophene rings is 1. The smallest absolute Gasteiger partial charge is 0.261 e. The summed E-state index contributed by atoms with van der Waals surface area (Å²) in [6.07, 6.45) is 0. The molecule has 0 aliphatic rings. The van der Waals surface area contributed by atoms with Crippen LogP contribution in [0.15, 0.2) is 17.5 Å². The standard InChI is InChI=1S/C10H14BrNOS/c1-10(2,6-11)7-12-9(13)8-4-3-5-14-8/h3-5H,6-7H2,1-2H3,(H,12,13). The molecule has 1 aromatic heterocycles. The summed E-state index contributed by atoms with van der Waals surface area (Å²) in [5.74, 6) is 0.0222. The molecule has 0 spiro atoms. The van der Waals surface area contributed by atoms with E-state index in [1.54, 1.807) is 0 Å². The lowest BCUT2D eigenvalue weighted by atomic mass is 9.97. The first-order valence-corrected chi connectivity index (χ1v) is 6.43. The molecule has 0 aliphatic carbocycles. The average Bonchev–Trinajstić information content (AvgIpc) is 2.67. The first-order valence-electron chi connectivity index (χ1n) is 4.43. The fourth-order valence-electron chi connectivity index (χ4n) is 0.862. The predicted octanol–water partition coefficient (Wildman–Crippen LogP) is 2.90. The lowest BCUT2D eigenvalue weighted by Crippen LogP contribution is -2.34.